The fourth-order valence-electron chi connectivity index (χ4n) is 1.60. The van der Waals surface area contributed by atoms with Gasteiger partial charge in [0.2, 0.25) is 5.91 Å². The quantitative estimate of drug-likeness (QED) is 0.727. The number of piperidine rings is 1. The van der Waals surface area contributed by atoms with Gasteiger partial charge in [0.25, 0.3) is 0 Å². The van der Waals surface area contributed by atoms with Crippen LogP contribution in [-0.4, -0.2) is 36.0 Å². The molecule has 0 atom stereocenters. The number of hydrogen-bond donors (Lipinski definition) is 1. The van der Waals surface area contributed by atoms with Crippen molar-refractivity contribution >= 4 is 5.91 Å². The minimum absolute atomic E-state index is 0.0332. The normalized spacial score (nSPS) is 18.4. The summed E-state index contributed by atoms with van der Waals surface area (Å²) in [5.41, 5.74) is 0.0332. The van der Waals surface area contributed by atoms with Crippen molar-refractivity contribution in [2.45, 2.75) is 45.6 Å². The van der Waals surface area contributed by atoms with Crippen LogP contribution in [0, 0.1) is 0 Å². The van der Waals surface area contributed by atoms with Crippen LogP contribution in [0.4, 0.5) is 0 Å². The number of nitrogens with one attached hydrogen (secondary N) is 1. The van der Waals surface area contributed by atoms with E-state index in [0.717, 1.165) is 13.1 Å². The molecule has 3 nitrogen and oxygen atoms in total. The van der Waals surface area contributed by atoms with Gasteiger partial charge in [-0.2, -0.15) is 0 Å². The monoisotopic (exact) mass is 198 g/mol. The summed E-state index contributed by atoms with van der Waals surface area (Å²) >= 11 is 0. The Morgan fingerprint density at radius 3 is 2.29 bits per heavy atom. The van der Waals surface area contributed by atoms with E-state index < -0.39 is 0 Å². The smallest absolute Gasteiger partial charge is 0.236 e. The molecule has 3 heteroatoms. The molecule has 1 heterocycles. The molecule has 0 spiro atoms. The fraction of sp³-hybridized carbons (Fsp3) is 0.909. The summed E-state index contributed by atoms with van der Waals surface area (Å²) in [7, 11) is 0. The maximum atomic E-state index is 11.7. The fourth-order valence-corrected chi connectivity index (χ4v) is 1.60. The minimum Gasteiger partial charge on any atom is -0.342 e. The summed E-state index contributed by atoms with van der Waals surface area (Å²) < 4.78 is 0. The predicted molar refractivity (Wildman–Crippen MR) is 58.2 cm³/mol. The van der Waals surface area contributed by atoms with Gasteiger partial charge in [0.15, 0.2) is 0 Å². The number of carbonyl (C=O) groups is 1. The van der Waals surface area contributed by atoms with Crippen LogP contribution in [0.2, 0.25) is 0 Å². The summed E-state index contributed by atoms with van der Waals surface area (Å²) in [6.07, 6.45) is 3.61. The van der Waals surface area contributed by atoms with Crippen molar-refractivity contribution < 1.29 is 4.79 Å². The molecule has 0 bridgehead atoms. The molecule has 0 unspecified atom stereocenters. The molecule has 1 aliphatic rings. The number of rotatable bonds is 2. The zero-order valence-electron chi connectivity index (χ0n) is 9.60. The second kappa shape index (κ2) is 4.78. The predicted octanol–water partition coefficient (Wildman–Crippen LogP) is 1.39. The van der Waals surface area contributed by atoms with Crippen LogP contribution in [0.5, 0.6) is 0 Å². The average molecular weight is 198 g/mol. The van der Waals surface area contributed by atoms with E-state index in [9.17, 15) is 4.79 Å². The van der Waals surface area contributed by atoms with Crippen molar-refractivity contribution in [1.82, 2.24) is 10.2 Å². The molecule has 0 aromatic rings. The van der Waals surface area contributed by atoms with Crippen LogP contribution < -0.4 is 5.32 Å². The standard InChI is InChI=1S/C11H22N2O/c1-11(2,3)12-9-10(14)13-7-5-4-6-8-13/h12H,4-9H2,1-3H3. The number of nitrogens with zero attached hydrogens (tertiary/aromatic N) is 1. The molecule has 1 aliphatic heterocycles. The Morgan fingerprint density at radius 1 is 1.21 bits per heavy atom. The van der Waals surface area contributed by atoms with Gasteiger partial charge in [0.1, 0.15) is 0 Å². The van der Waals surface area contributed by atoms with E-state index in [1.807, 2.05) is 4.90 Å². The van der Waals surface area contributed by atoms with Crippen molar-refractivity contribution in [2.75, 3.05) is 19.6 Å². The Morgan fingerprint density at radius 2 is 1.79 bits per heavy atom. The first-order chi connectivity index (χ1) is 6.49. The second-order valence-corrected chi connectivity index (χ2v) is 5.05. The molecule has 1 fully saturated rings. The molecular weight excluding hydrogens is 176 g/mol. The summed E-state index contributed by atoms with van der Waals surface area (Å²) in [6.45, 7) is 8.61. The highest BCUT2D eigenvalue weighted by Gasteiger charge is 2.18. The van der Waals surface area contributed by atoms with Gasteiger partial charge in [-0.15, -0.1) is 0 Å². The summed E-state index contributed by atoms with van der Waals surface area (Å²) in [5.74, 6) is 0.250. The Labute approximate surface area is 86.9 Å². The van der Waals surface area contributed by atoms with E-state index in [2.05, 4.69) is 26.1 Å². The average Bonchev–Trinajstić information content (AvgIpc) is 2.14. The van der Waals surface area contributed by atoms with Gasteiger partial charge in [-0.1, -0.05) is 0 Å². The second-order valence-electron chi connectivity index (χ2n) is 5.05. The molecule has 0 aromatic carbocycles. The Hall–Kier alpha value is -0.570. The van der Waals surface area contributed by atoms with Crippen molar-refractivity contribution in [3.05, 3.63) is 0 Å². The van der Waals surface area contributed by atoms with Crippen molar-refractivity contribution in [1.29, 1.82) is 0 Å². The van der Waals surface area contributed by atoms with Gasteiger partial charge >= 0.3 is 0 Å². The van der Waals surface area contributed by atoms with Gasteiger partial charge in [0.05, 0.1) is 6.54 Å². The number of hydrogen-bond acceptors (Lipinski definition) is 2. The topological polar surface area (TPSA) is 32.3 Å². The maximum absolute atomic E-state index is 11.7. The third-order valence-electron chi connectivity index (χ3n) is 2.48. The first kappa shape index (κ1) is 11.5. The number of likely N-dealkylation sites (tertiary alicyclic amines) is 1. The lowest BCUT2D eigenvalue weighted by Gasteiger charge is -2.28. The molecular formula is C11H22N2O. The van der Waals surface area contributed by atoms with Crippen LogP contribution in [0.25, 0.3) is 0 Å². The van der Waals surface area contributed by atoms with E-state index >= 15 is 0 Å². The van der Waals surface area contributed by atoms with Crippen molar-refractivity contribution in [3.63, 3.8) is 0 Å². The van der Waals surface area contributed by atoms with Gasteiger partial charge in [-0.25, -0.2) is 0 Å². The molecule has 0 aromatic heterocycles. The third kappa shape index (κ3) is 4.09. The molecule has 1 N–H and O–H groups in total. The highest BCUT2D eigenvalue weighted by Crippen LogP contribution is 2.08. The van der Waals surface area contributed by atoms with Crippen LogP contribution in [0.3, 0.4) is 0 Å². The summed E-state index contributed by atoms with van der Waals surface area (Å²) in [4.78, 5) is 13.7. The van der Waals surface area contributed by atoms with E-state index in [0.29, 0.717) is 6.54 Å². The molecule has 0 aliphatic carbocycles. The summed E-state index contributed by atoms with van der Waals surface area (Å²) in [6, 6.07) is 0. The van der Waals surface area contributed by atoms with E-state index in [1.54, 1.807) is 0 Å². The highest BCUT2D eigenvalue weighted by molar-refractivity contribution is 5.78. The first-order valence-corrected chi connectivity index (χ1v) is 5.52. The lowest BCUT2D eigenvalue weighted by molar-refractivity contribution is -0.131. The molecule has 14 heavy (non-hydrogen) atoms. The SMILES string of the molecule is CC(C)(C)NCC(=O)N1CCCCC1. The van der Waals surface area contributed by atoms with Gasteiger partial charge < -0.3 is 10.2 Å². The Bertz CT molecular complexity index is 190. The zero-order chi connectivity index (χ0) is 10.6. The zero-order valence-corrected chi connectivity index (χ0v) is 9.60. The molecule has 1 saturated heterocycles. The maximum Gasteiger partial charge on any atom is 0.236 e. The van der Waals surface area contributed by atoms with Crippen LogP contribution in [-0.2, 0) is 4.79 Å². The third-order valence-corrected chi connectivity index (χ3v) is 2.48. The van der Waals surface area contributed by atoms with Gasteiger partial charge in [0, 0.05) is 18.6 Å². The molecule has 82 valence electrons. The largest absolute Gasteiger partial charge is 0.342 e. The van der Waals surface area contributed by atoms with Crippen LogP contribution in [0.15, 0.2) is 0 Å². The number of carbonyl (C=O) groups excluding carboxylic acids is 1. The molecule has 0 radical (unpaired) electrons. The molecule has 1 rings (SSSR count). The minimum atomic E-state index is 0.0332. The first-order valence-electron chi connectivity index (χ1n) is 5.52. The molecule has 1 amide bonds. The highest BCUT2D eigenvalue weighted by atomic mass is 16.2. The van der Waals surface area contributed by atoms with Gasteiger partial charge in [-0.05, 0) is 40.0 Å². The lowest BCUT2D eigenvalue weighted by atomic mass is 10.1. The Balaban J connectivity index is 2.27. The van der Waals surface area contributed by atoms with Crippen LogP contribution >= 0.6 is 0 Å². The lowest BCUT2D eigenvalue weighted by Crippen LogP contribution is -2.46. The van der Waals surface area contributed by atoms with Gasteiger partial charge in [-0.3, -0.25) is 4.79 Å². The number of amides is 1. The molecule has 0 saturated carbocycles. The summed E-state index contributed by atoms with van der Waals surface area (Å²) in [5, 5.41) is 3.23. The van der Waals surface area contributed by atoms with Crippen molar-refractivity contribution in [2.24, 2.45) is 0 Å². The Kier molecular flexibility index (Phi) is 3.93. The van der Waals surface area contributed by atoms with Crippen molar-refractivity contribution in [3.8, 4) is 0 Å². The van der Waals surface area contributed by atoms with E-state index in [4.69, 9.17) is 0 Å². The van der Waals surface area contributed by atoms with E-state index in [1.165, 1.54) is 19.3 Å². The van der Waals surface area contributed by atoms with Crippen LogP contribution in [0.1, 0.15) is 40.0 Å². The van der Waals surface area contributed by atoms with E-state index in [-0.39, 0.29) is 11.4 Å².